The van der Waals surface area contributed by atoms with Gasteiger partial charge >= 0.3 is 0 Å². The molecule has 10 heteroatoms. The highest BCUT2D eigenvalue weighted by atomic mass is 16.5. The van der Waals surface area contributed by atoms with Gasteiger partial charge in [0.05, 0.1) is 38.9 Å². The number of carbonyl (C=O) groups excluding carboxylic acids is 2. The number of nitrogens with zero attached hydrogens (tertiary/aromatic N) is 5. The van der Waals surface area contributed by atoms with Gasteiger partial charge in [0.25, 0.3) is 5.91 Å². The monoisotopic (exact) mass is 653 g/mol. The molecule has 254 valence electrons. The maximum Gasteiger partial charge on any atom is 0.254 e. The lowest BCUT2D eigenvalue weighted by Gasteiger charge is -2.33. The zero-order chi connectivity index (χ0) is 33.7. The normalized spacial score (nSPS) is 18.6. The minimum absolute atomic E-state index is 0.0399. The SMILES string of the molecule is CCC(=O)Cn1c(N2CCCN(CCC3(c4ccccc4)CCN(C(=O)c4cc(OC)c(OC)c(OC)c4)C3)CC2)nc2ccccc21. The second-order valence-electron chi connectivity index (χ2n) is 12.8. The number of para-hydroxylation sites is 2. The lowest BCUT2D eigenvalue weighted by molar-refractivity contribution is -0.119. The second kappa shape index (κ2) is 14.7. The number of ether oxygens (including phenoxy) is 3. The Morgan fingerprint density at radius 2 is 1.58 bits per heavy atom. The van der Waals surface area contributed by atoms with Crippen molar-refractivity contribution in [1.29, 1.82) is 0 Å². The van der Waals surface area contributed by atoms with Gasteiger partial charge in [0.15, 0.2) is 17.3 Å². The maximum absolute atomic E-state index is 13.9. The van der Waals surface area contributed by atoms with E-state index in [1.807, 2.05) is 30.0 Å². The molecule has 0 saturated carbocycles. The number of carbonyl (C=O) groups is 2. The standard InChI is InChI=1S/C38H47N5O5/c1-5-30(44)26-43-32-15-10-9-14-31(32)39-37(43)41-19-11-18-40(22-23-41)20-16-38(29-12-7-6-8-13-29)17-21-42(27-38)36(45)28-24-33(46-2)35(48-4)34(25-28)47-3/h6-10,12-15,24-25H,5,11,16-23,26-27H2,1-4H3. The Bertz CT molecular complexity index is 1720. The number of ketones is 1. The summed E-state index contributed by atoms with van der Waals surface area (Å²) in [5, 5.41) is 0. The van der Waals surface area contributed by atoms with Crippen LogP contribution in [-0.4, -0.2) is 98.2 Å². The summed E-state index contributed by atoms with van der Waals surface area (Å²) in [5.41, 5.74) is 3.57. The lowest BCUT2D eigenvalue weighted by atomic mass is 9.76. The first-order valence-electron chi connectivity index (χ1n) is 17.0. The summed E-state index contributed by atoms with van der Waals surface area (Å²) in [7, 11) is 4.69. The molecule has 48 heavy (non-hydrogen) atoms. The van der Waals surface area contributed by atoms with Crippen LogP contribution in [0.2, 0.25) is 0 Å². The molecule has 0 N–H and O–H groups in total. The van der Waals surface area contributed by atoms with Crippen LogP contribution in [0, 0.1) is 0 Å². The van der Waals surface area contributed by atoms with Gasteiger partial charge in [0.1, 0.15) is 0 Å². The fourth-order valence-corrected chi connectivity index (χ4v) is 7.32. The topological polar surface area (TPSA) is 89.4 Å². The molecule has 0 spiro atoms. The van der Waals surface area contributed by atoms with Crippen LogP contribution < -0.4 is 19.1 Å². The van der Waals surface area contributed by atoms with E-state index in [4.69, 9.17) is 19.2 Å². The second-order valence-corrected chi connectivity index (χ2v) is 12.8. The predicted molar refractivity (Wildman–Crippen MR) is 188 cm³/mol. The number of amides is 1. The first-order chi connectivity index (χ1) is 23.4. The van der Waals surface area contributed by atoms with E-state index in [1.165, 1.54) is 5.56 Å². The van der Waals surface area contributed by atoms with Crippen molar-refractivity contribution >= 4 is 28.7 Å². The van der Waals surface area contributed by atoms with Gasteiger partial charge in [-0.25, -0.2) is 4.98 Å². The zero-order valence-corrected chi connectivity index (χ0v) is 28.6. The third-order valence-corrected chi connectivity index (χ3v) is 10.1. The van der Waals surface area contributed by atoms with E-state index < -0.39 is 0 Å². The molecule has 3 heterocycles. The molecule has 1 amide bonds. The van der Waals surface area contributed by atoms with Crippen molar-refractivity contribution in [1.82, 2.24) is 19.4 Å². The van der Waals surface area contributed by atoms with E-state index in [9.17, 15) is 9.59 Å². The molecule has 0 radical (unpaired) electrons. The number of fused-ring (bicyclic) bond motifs is 1. The van der Waals surface area contributed by atoms with Crippen LogP contribution in [0.15, 0.2) is 66.7 Å². The average molecular weight is 654 g/mol. The van der Waals surface area contributed by atoms with Gasteiger partial charge in [-0.2, -0.15) is 0 Å². The van der Waals surface area contributed by atoms with Crippen LogP contribution in [-0.2, 0) is 16.8 Å². The summed E-state index contributed by atoms with van der Waals surface area (Å²) < 4.78 is 18.6. The molecule has 2 fully saturated rings. The number of anilines is 1. The van der Waals surface area contributed by atoms with Crippen LogP contribution in [0.1, 0.15) is 48.5 Å². The molecule has 1 aromatic heterocycles. The minimum atomic E-state index is -0.155. The fraction of sp³-hybridized carbons (Fsp3) is 0.447. The van der Waals surface area contributed by atoms with E-state index in [2.05, 4.69) is 50.8 Å². The number of imidazole rings is 1. The van der Waals surface area contributed by atoms with Gasteiger partial charge in [0, 0.05) is 50.1 Å². The number of likely N-dealkylation sites (tertiary alicyclic amines) is 1. The Balaban J connectivity index is 1.17. The third-order valence-electron chi connectivity index (χ3n) is 10.1. The van der Waals surface area contributed by atoms with E-state index in [0.717, 1.165) is 69.0 Å². The van der Waals surface area contributed by atoms with Crippen molar-refractivity contribution in [3.63, 3.8) is 0 Å². The summed E-state index contributed by atoms with van der Waals surface area (Å²) in [4.78, 5) is 38.3. The van der Waals surface area contributed by atoms with Crippen molar-refractivity contribution in [3.05, 3.63) is 77.9 Å². The molecule has 6 rings (SSSR count). The molecule has 2 aliphatic rings. The molecule has 1 unspecified atom stereocenters. The molecular formula is C38H47N5O5. The molecule has 2 saturated heterocycles. The largest absolute Gasteiger partial charge is 0.493 e. The first kappa shape index (κ1) is 33.3. The zero-order valence-electron chi connectivity index (χ0n) is 28.6. The third kappa shape index (κ3) is 6.71. The summed E-state index contributed by atoms with van der Waals surface area (Å²) in [5.74, 6) is 2.46. The number of Topliss-reactive ketones (excluding diaryl/α,β-unsaturated/α-hetero) is 1. The number of benzene rings is 3. The van der Waals surface area contributed by atoms with Crippen LogP contribution in [0.5, 0.6) is 17.2 Å². The quantitative estimate of drug-likeness (QED) is 0.200. The van der Waals surface area contributed by atoms with Crippen LogP contribution in [0.4, 0.5) is 5.95 Å². The number of aromatic nitrogens is 2. The van der Waals surface area contributed by atoms with E-state index in [0.29, 0.717) is 48.9 Å². The maximum atomic E-state index is 13.9. The van der Waals surface area contributed by atoms with Gasteiger partial charge in [-0.05, 0) is 62.2 Å². The number of methoxy groups -OCH3 is 3. The lowest BCUT2D eigenvalue weighted by Crippen LogP contribution is -2.39. The van der Waals surface area contributed by atoms with Crippen molar-refractivity contribution in [3.8, 4) is 17.2 Å². The summed E-state index contributed by atoms with van der Waals surface area (Å²) in [6.45, 7) is 8.13. The molecule has 10 nitrogen and oxygen atoms in total. The molecule has 2 aliphatic heterocycles. The van der Waals surface area contributed by atoms with E-state index in [1.54, 1.807) is 33.5 Å². The highest BCUT2D eigenvalue weighted by Crippen LogP contribution is 2.41. The average Bonchev–Trinajstić information content (AvgIpc) is 3.64. The molecule has 0 aliphatic carbocycles. The van der Waals surface area contributed by atoms with E-state index >= 15 is 0 Å². The Morgan fingerprint density at radius 1 is 0.854 bits per heavy atom. The van der Waals surface area contributed by atoms with Gasteiger partial charge in [-0.3, -0.25) is 9.59 Å². The molecule has 4 aromatic rings. The van der Waals surface area contributed by atoms with Crippen LogP contribution in [0.3, 0.4) is 0 Å². The Morgan fingerprint density at radius 3 is 2.29 bits per heavy atom. The van der Waals surface area contributed by atoms with Crippen molar-refractivity contribution < 1.29 is 23.8 Å². The van der Waals surface area contributed by atoms with Gasteiger partial charge in [-0.15, -0.1) is 0 Å². The molecule has 1 atom stereocenters. The number of rotatable bonds is 12. The van der Waals surface area contributed by atoms with Crippen molar-refractivity contribution in [2.45, 2.75) is 44.6 Å². The predicted octanol–water partition coefficient (Wildman–Crippen LogP) is 5.43. The summed E-state index contributed by atoms with van der Waals surface area (Å²) in [6, 6.07) is 22.2. The Labute approximate surface area is 283 Å². The minimum Gasteiger partial charge on any atom is -0.493 e. The summed E-state index contributed by atoms with van der Waals surface area (Å²) >= 11 is 0. The van der Waals surface area contributed by atoms with Gasteiger partial charge in [0.2, 0.25) is 11.7 Å². The fourth-order valence-electron chi connectivity index (χ4n) is 7.32. The highest BCUT2D eigenvalue weighted by Gasteiger charge is 2.42. The van der Waals surface area contributed by atoms with E-state index in [-0.39, 0.29) is 17.1 Å². The Hall–Kier alpha value is -4.57. The van der Waals surface area contributed by atoms with Crippen molar-refractivity contribution in [2.75, 3.05) is 72.0 Å². The first-order valence-corrected chi connectivity index (χ1v) is 17.0. The van der Waals surface area contributed by atoms with Crippen molar-refractivity contribution in [2.24, 2.45) is 0 Å². The van der Waals surface area contributed by atoms with Crippen LogP contribution in [0.25, 0.3) is 11.0 Å². The molecular weight excluding hydrogens is 606 g/mol. The molecule has 0 bridgehead atoms. The van der Waals surface area contributed by atoms with Gasteiger partial charge < -0.3 is 33.5 Å². The number of hydrogen-bond donors (Lipinski definition) is 0. The summed E-state index contributed by atoms with van der Waals surface area (Å²) in [6.07, 6.45) is 3.35. The van der Waals surface area contributed by atoms with Gasteiger partial charge in [-0.1, -0.05) is 49.4 Å². The molecule has 3 aromatic carbocycles. The smallest absolute Gasteiger partial charge is 0.254 e. The van der Waals surface area contributed by atoms with Crippen LogP contribution >= 0.6 is 0 Å². The Kier molecular flexibility index (Phi) is 10.2. The number of hydrogen-bond acceptors (Lipinski definition) is 8. The highest BCUT2D eigenvalue weighted by molar-refractivity contribution is 5.96.